The second-order valence-corrected chi connectivity index (χ2v) is 5.98. The van der Waals surface area contributed by atoms with Crippen LogP contribution in [0.15, 0.2) is 40.9 Å². The monoisotopic (exact) mass is 333 g/mol. The number of hydrogen-bond donors (Lipinski definition) is 1. The summed E-state index contributed by atoms with van der Waals surface area (Å²) in [5.74, 6) is 0. The summed E-state index contributed by atoms with van der Waals surface area (Å²) in [5.41, 5.74) is 10.3. The van der Waals surface area contributed by atoms with Crippen LogP contribution in [0.1, 0.15) is 29.9 Å². The largest absolute Gasteiger partial charge is 0.369 e. The quantitative estimate of drug-likeness (QED) is 0.925. The topological polar surface area (TPSA) is 42.1 Å². The van der Waals surface area contributed by atoms with Gasteiger partial charge >= 0.3 is 0 Å². The van der Waals surface area contributed by atoms with E-state index in [4.69, 9.17) is 5.73 Å². The Morgan fingerprint density at radius 2 is 2.05 bits per heavy atom. The predicted molar refractivity (Wildman–Crippen MR) is 87.8 cm³/mol. The van der Waals surface area contributed by atoms with Gasteiger partial charge in [-0.05, 0) is 43.7 Å². The molecule has 0 spiro atoms. The number of nitrogens with two attached hydrogens (primary N) is 1. The van der Waals surface area contributed by atoms with Crippen molar-refractivity contribution in [2.45, 2.75) is 26.4 Å². The zero-order valence-electron chi connectivity index (χ0n) is 12.1. The minimum Gasteiger partial charge on any atom is -0.369 e. The average Bonchev–Trinajstić information content (AvgIpc) is 2.38. The second-order valence-electron chi connectivity index (χ2n) is 5.12. The highest BCUT2D eigenvalue weighted by Crippen LogP contribution is 2.27. The van der Waals surface area contributed by atoms with E-state index in [-0.39, 0.29) is 6.04 Å². The van der Waals surface area contributed by atoms with Gasteiger partial charge in [0, 0.05) is 28.9 Å². The van der Waals surface area contributed by atoms with E-state index in [1.165, 1.54) is 0 Å². The summed E-state index contributed by atoms with van der Waals surface area (Å²) in [5, 5.41) is 0. The highest BCUT2D eigenvalue weighted by Gasteiger charge is 2.09. The van der Waals surface area contributed by atoms with Crippen molar-refractivity contribution in [3.05, 3.63) is 57.8 Å². The Labute approximate surface area is 129 Å². The highest BCUT2D eigenvalue weighted by atomic mass is 79.9. The summed E-state index contributed by atoms with van der Waals surface area (Å²) in [4.78, 5) is 6.71. The normalized spacial score (nSPS) is 12.2. The molecule has 0 unspecified atom stereocenters. The maximum absolute atomic E-state index is 5.93. The molecule has 106 valence electrons. The zero-order valence-corrected chi connectivity index (χ0v) is 13.7. The molecule has 1 atom stereocenters. The lowest BCUT2D eigenvalue weighted by Crippen LogP contribution is -2.17. The Bertz CT molecular complexity index is 596. The number of aromatic nitrogens is 1. The Morgan fingerprint density at radius 1 is 1.30 bits per heavy atom. The Morgan fingerprint density at radius 3 is 2.65 bits per heavy atom. The molecule has 0 aliphatic carbocycles. The van der Waals surface area contributed by atoms with Gasteiger partial charge in [-0.2, -0.15) is 0 Å². The van der Waals surface area contributed by atoms with Crippen molar-refractivity contribution in [1.82, 2.24) is 4.98 Å². The first kappa shape index (κ1) is 15.0. The van der Waals surface area contributed by atoms with Gasteiger partial charge < -0.3 is 10.6 Å². The molecule has 2 N–H and O–H groups in total. The van der Waals surface area contributed by atoms with E-state index < -0.39 is 0 Å². The van der Waals surface area contributed by atoms with Gasteiger partial charge in [0.25, 0.3) is 0 Å². The molecular weight excluding hydrogens is 314 g/mol. The van der Waals surface area contributed by atoms with Crippen LogP contribution in [0.3, 0.4) is 0 Å². The third-order valence-electron chi connectivity index (χ3n) is 3.26. The fourth-order valence-electron chi connectivity index (χ4n) is 2.14. The molecule has 0 amide bonds. The molecule has 0 bridgehead atoms. The van der Waals surface area contributed by atoms with Crippen molar-refractivity contribution in [2.75, 3.05) is 11.9 Å². The standard InChI is InChI=1S/C16H20BrN3/c1-11-5-4-6-13(19-11)10-20(3)14-7-8-15(12(2)18)16(17)9-14/h4-9,12H,10,18H2,1-3H3/t12-/m0/s1. The number of anilines is 1. The smallest absolute Gasteiger partial charge is 0.0600 e. The van der Waals surface area contributed by atoms with Crippen molar-refractivity contribution < 1.29 is 0 Å². The minimum atomic E-state index is 0.0298. The van der Waals surface area contributed by atoms with Crippen molar-refractivity contribution >= 4 is 21.6 Å². The van der Waals surface area contributed by atoms with Crippen molar-refractivity contribution in [3.8, 4) is 0 Å². The number of benzene rings is 1. The molecule has 0 aliphatic rings. The first-order valence-electron chi connectivity index (χ1n) is 6.66. The lowest BCUT2D eigenvalue weighted by molar-refractivity contribution is 0.811. The van der Waals surface area contributed by atoms with E-state index in [2.05, 4.69) is 57.1 Å². The third-order valence-corrected chi connectivity index (χ3v) is 3.95. The number of pyridine rings is 1. The lowest BCUT2D eigenvalue weighted by atomic mass is 10.1. The van der Waals surface area contributed by atoms with Crippen molar-refractivity contribution in [1.29, 1.82) is 0 Å². The lowest BCUT2D eigenvalue weighted by Gasteiger charge is -2.20. The molecule has 0 fully saturated rings. The molecule has 0 aliphatic heterocycles. The Hall–Kier alpha value is -1.39. The van der Waals surface area contributed by atoms with E-state index in [0.717, 1.165) is 33.7 Å². The van der Waals surface area contributed by atoms with E-state index in [1.807, 2.05) is 26.0 Å². The summed E-state index contributed by atoms with van der Waals surface area (Å²) in [6.45, 7) is 4.78. The number of halogens is 1. The summed E-state index contributed by atoms with van der Waals surface area (Å²) < 4.78 is 1.05. The van der Waals surface area contributed by atoms with Crippen LogP contribution in [0.25, 0.3) is 0 Å². The molecule has 2 aromatic rings. The van der Waals surface area contributed by atoms with Crippen LogP contribution >= 0.6 is 15.9 Å². The molecule has 0 radical (unpaired) electrons. The van der Waals surface area contributed by atoms with Crippen LogP contribution in [0, 0.1) is 6.92 Å². The fraction of sp³-hybridized carbons (Fsp3) is 0.312. The van der Waals surface area contributed by atoms with E-state index in [0.29, 0.717) is 0 Å². The van der Waals surface area contributed by atoms with Gasteiger partial charge in [-0.15, -0.1) is 0 Å². The van der Waals surface area contributed by atoms with Gasteiger partial charge in [0.15, 0.2) is 0 Å². The number of rotatable bonds is 4. The van der Waals surface area contributed by atoms with Crippen LogP contribution in [0.2, 0.25) is 0 Å². The van der Waals surface area contributed by atoms with Crippen molar-refractivity contribution in [3.63, 3.8) is 0 Å². The molecule has 0 saturated heterocycles. The predicted octanol–water partition coefficient (Wildman–Crippen LogP) is 3.81. The van der Waals surface area contributed by atoms with Crippen LogP contribution in [-0.2, 0) is 6.54 Å². The molecule has 2 rings (SSSR count). The number of nitrogens with zero attached hydrogens (tertiary/aromatic N) is 2. The molecule has 3 nitrogen and oxygen atoms in total. The third kappa shape index (κ3) is 3.58. The Balaban J connectivity index is 2.17. The summed E-state index contributed by atoms with van der Waals surface area (Å²) in [7, 11) is 2.07. The molecule has 1 aromatic carbocycles. The maximum Gasteiger partial charge on any atom is 0.0600 e. The first-order chi connectivity index (χ1) is 9.47. The van der Waals surface area contributed by atoms with Crippen LogP contribution in [-0.4, -0.2) is 12.0 Å². The second kappa shape index (κ2) is 6.37. The van der Waals surface area contributed by atoms with Gasteiger partial charge in [-0.1, -0.05) is 28.1 Å². The molecule has 0 saturated carbocycles. The van der Waals surface area contributed by atoms with Gasteiger partial charge in [0.05, 0.1) is 12.2 Å². The molecular formula is C16H20BrN3. The minimum absolute atomic E-state index is 0.0298. The molecule has 1 aromatic heterocycles. The van der Waals surface area contributed by atoms with E-state index in [9.17, 15) is 0 Å². The fourth-order valence-corrected chi connectivity index (χ4v) is 2.87. The zero-order chi connectivity index (χ0) is 14.7. The number of hydrogen-bond acceptors (Lipinski definition) is 3. The SMILES string of the molecule is Cc1cccc(CN(C)c2ccc([C@H](C)N)c(Br)c2)n1. The molecule has 4 heteroatoms. The van der Waals surface area contributed by atoms with Crippen molar-refractivity contribution in [2.24, 2.45) is 5.73 Å². The average molecular weight is 334 g/mol. The number of aryl methyl sites for hydroxylation is 1. The summed E-state index contributed by atoms with van der Waals surface area (Å²) in [6, 6.07) is 12.4. The van der Waals surface area contributed by atoms with E-state index in [1.54, 1.807) is 0 Å². The van der Waals surface area contributed by atoms with Gasteiger partial charge in [0.1, 0.15) is 0 Å². The van der Waals surface area contributed by atoms with Gasteiger partial charge in [0.2, 0.25) is 0 Å². The Kier molecular flexibility index (Phi) is 4.78. The maximum atomic E-state index is 5.93. The van der Waals surface area contributed by atoms with Crippen LogP contribution in [0.5, 0.6) is 0 Å². The van der Waals surface area contributed by atoms with Gasteiger partial charge in [-0.3, -0.25) is 4.98 Å². The van der Waals surface area contributed by atoms with E-state index >= 15 is 0 Å². The highest BCUT2D eigenvalue weighted by molar-refractivity contribution is 9.10. The molecule has 20 heavy (non-hydrogen) atoms. The van der Waals surface area contributed by atoms with Crippen LogP contribution < -0.4 is 10.6 Å². The molecule has 1 heterocycles. The first-order valence-corrected chi connectivity index (χ1v) is 7.45. The summed E-state index contributed by atoms with van der Waals surface area (Å²) >= 11 is 3.59. The summed E-state index contributed by atoms with van der Waals surface area (Å²) in [6.07, 6.45) is 0. The van der Waals surface area contributed by atoms with Gasteiger partial charge in [-0.25, -0.2) is 0 Å². The van der Waals surface area contributed by atoms with Crippen LogP contribution in [0.4, 0.5) is 5.69 Å².